The molecule has 0 spiro atoms. The Labute approximate surface area is 113 Å². The number of benzene rings is 1. The number of carbonyl (C=O) groups is 1. The van der Waals surface area contributed by atoms with Crippen LogP contribution >= 0.6 is 0 Å². The van der Waals surface area contributed by atoms with E-state index < -0.39 is 0 Å². The molecule has 1 aromatic heterocycles. The number of amides is 1. The van der Waals surface area contributed by atoms with Crippen molar-refractivity contribution in [3.05, 3.63) is 30.6 Å². The van der Waals surface area contributed by atoms with E-state index >= 15 is 0 Å². The first-order valence-electron chi connectivity index (χ1n) is 6.72. The van der Waals surface area contributed by atoms with Gasteiger partial charge in [0.1, 0.15) is 6.04 Å². The average Bonchev–Trinajstić information content (AvgIpc) is 2.81. The fourth-order valence-electron chi connectivity index (χ4n) is 1.92. The first kappa shape index (κ1) is 13.6. The van der Waals surface area contributed by atoms with Gasteiger partial charge in [-0.3, -0.25) is 4.79 Å². The third kappa shape index (κ3) is 2.78. The van der Waals surface area contributed by atoms with Gasteiger partial charge in [0.2, 0.25) is 5.91 Å². The molecule has 0 bridgehead atoms. The predicted octanol–water partition coefficient (Wildman–Crippen LogP) is 2.76. The Kier molecular flexibility index (Phi) is 3.88. The van der Waals surface area contributed by atoms with E-state index in [0.717, 1.165) is 11.0 Å². The summed E-state index contributed by atoms with van der Waals surface area (Å²) in [6, 6.07) is 7.76. The minimum Gasteiger partial charge on any atom is -0.352 e. The van der Waals surface area contributed by atoms with Crippen molar-refractivity contribution in [1.82, 2.24) is 14.9 Å². The van der Waals surface area contributed by atoms with Crippen LogP contribution in [0, 0.1) is 5.92 Å². The molecule has 0 aliphatic heterocycles. The summed E-state index contributed by atoms with van der Waals surface area (Å²) >= 11 is 0. The van der Waals surface area contributed by atoms with Crippen LogP contribution in [0.4, 0.5) is 0 Å². The van der Waals surface area contributed by atoms with Gasteiger partial charge in [0.25, 0.3) is 0 Å². The van der Waals surface area contributed by atoms with Crippen LogP contribution < -0.4 is 5.32 Å². The number of imidazole rings is 1. The number of carbonyl (C=O) groups excluding carboxylic acids is 1. The SMILES string of the molecule is CC(C)C(C)NC(=O)C(C)n1cnc2ccccc21. The monoisotopic (exact) mass is 259 g/mol. The molecule has 0 saturated heterocycles. The van der Waals surface area contributed by atoms with Crippen molar-refractivity contribution < 1.29 is 4.79 Å². The Hall–Kier alpha value is -1.84. The van der Waals surface area contributed by atoms with Crippen molar-refractivity contribution in [3.8, 4) is 0 Å². The molecule has 4 heteroatoms. The lowest BCUT2D eigenvalue weighted by Crippen LogP contribution is -2.39. The minimum atomic E-state index is -0.256. The lowest BCUT2D eigenvalue weighted by Gasteiger charge is -2.21. The maximum atomic E-state index is 12.2. The molecule has 0 radical (unpaired) electrons. The van der Waals surface area contributed by atoms with Gasteiger partial charge in [-0.2, -0.15) is 0 Å². The van der Waals surface area contributed by atoms with E-state index in [0.29, 0.717) is 5.92 Å². The Morgan fingerprint density at radius 2 is 1.89 bits per heavy atom. The van der Waals surface area contributed by atoms with Crippen molar-refractivity contribution in [3.63, 3.8) is 0 Å². The molecule has 19 heavy (non-hydrogen) atoms. The molecular weight excluding hydrogens is 238 g/mol. The van der Waals surface area contributed by atoms with E-state index in [-0.39, 0.29) is 18.0 Å². The second kappa shape index (κ2) is 5.43. The van der Waals surface area contributed by atoms with E-state index in [2.05, 4.69) is 24.1 Å². The number of nitrogens with zero attached hydrogens (tertiary/aromatic N) is 2. The lowest BCUT2D eigenvalue weighted by molar-refractivity contribution is -0.124. The number of nitrogens with one attached hydrogen (secondary N) is 1. The number of aromatic nitrogens is 2. The first-order chi connectivity index (χ1) is 9.00. The van der Waals surface area contributed by atoms with Crippen LogP contribution in [0.15, 0.2) is 30.6 Å². The van der Waals surface area contributed by atoms with Gasteiger partial charge in [0, 0.05) is 6.04 Å². The van der Waals surface area contributed by atoms with Gasteiger partial charge < -0.3 is 9.88 Å². The molecule has 1 amide bonds. The molecule has 0 aliphatic rings. The average molecular weight is 259 g/mol. The maximum Gasteiger partial charge on any atom is 0.243 e. The Bertz CT molecular complexity index is 574. The highest BCUT2D eigenvalue weighted by molar-refractivity contribution is 5.83. The molecule has 0 aliphatic carbocycles. The summed E-state index contributed by atoms with van der Waals surface area (Å²) in [5.74, 6) is 0.458. The lowest BCUT2D eigenvalue weighted by atomic mass is 10.1. The van der Waals surface area contributed by atoms with Crippen molar-refractivity contribution >= 4 is 16.9 Å². The predicted molar refractivity (Wildman–Crippen MR) is 76.9 cm³/mol. The second-order valence-electron chi connectivity index (χ2n) is 5.36. The van der Waals surface area contributed by atoms with Crippen molar-refractivity contribution in [1.29, 1.82) is 0 Å². The highest BCUT2D eigenvalue weighted by Crippen LogP contribution is 2.17. The number of fused-ring (bicyclic) bond motifs is 1. The fraction of sp³-hybridized carbons (Fsp3) is 0.467. The summed E-state index contributed by atoms with van der Waals surface area (Å²) in [4.78, 5) is 16.6. The number of para-hydroxylation sites is 2. The summed E-state index contributed by atoms with van der Waals surface area (Å²) in [6.45, 7) is 8.13. The molecule has 1 heterocycles. The molecule has 0 saturated carbocycles. The normalized spacial score (nSPS) is 14.6. The molecule has 2 rings (SSSR count). The van der Waals surface area contributed by atoms with E-state index in [1.54, 1.807) is 6.33 Å². The molecular formula is C15H21N3O. The summed E-state index contributed by atoms with van der Waals surface area (Å²) in [5.41, 5.74) is 1.90. The highest BCUT2D eigenvalue weighted by atomic mass is 16.2. The summed E-state index contributed by atoms with van der Waals surface area (Å²) in [7, 11) is 0. The van der Waals surface area contributed by atoms with Crippen molar-refractivity contribution in [2.45, 2.75) is 39.8 Å². The summed E-state index contributed by atoms with van der Waals surface area (Å²) < 4.78 is 1.91. The number of hydrogen-bond donors (Lipinski definition) is 1. The van der Waals surface area contributed by atoms with Gasteiger partial charge in [-0.05, 0) is 31.9 Å². The quantitative estimate of drug-likeness (QED) is 0.917. The van der Waals surface area contributed by atoms with E-state index in [9.17, 15) is 4.79 Å². The molecule has 4 nitrogen and oxygen atoms in total. The van der Waals surface area contributed by atoms with Crippen molar-refractivity contribution in [2.75, 3.05) is 0 Å². The van der Waals surface area contributed by atoms with Crippen LogP contribution in [-0.2, 0) is 4.79 Å². The molecule has 102 valence electrons. The van der Waals surface area contributed by atoms with Crippen LogP contribution in [0.1, 0.15) is 33.7 Å². The van der Waals surface area contributed by atoms with E-state index in [1.165, 1.54) is 0 Å². The molecule has 2 atom stereocenters. The second-order valence-corrected chi connectivity index (χ2v) is 5.36. The highest BCUT2D eigenvalue weighted by Gasteiger charge is 2.19. The van der Waals surface area contributed by atoms with Gasteiger partial charge >= 0.3 is 0 Å². The topological polar surface area (TPSA) is 46.9 Å². The van der Waals surface area contributed by atoms with Crippen LogP contribution in [0.25, 0.3) is 11.0 Å². The largest absolute Gasteiger partial charge is 0.352 e. The summed E-state index contributed by atoms with van der Waals surface area (Å²) in [5, 5.41) is 3.04. The maximum absolute atomic E-state index is 12.2. The van der Waals surface area contributed by atoms with Gasteiger partial charge in [-0.1, -0.05) is 26.0 Å². The smallest absolute Gasteiger partial charge is 0.243 e. The number of rotatable bonds is 4. The van der Waals surface area contributed by atoms with Crippen molar-refractivity contribution in [2.24, 2.45) is 5.92 Å². The van der Waals surface area contributed by atoms with E-state index in [4.69, 9.17) is 0 Å². The Balaban J connectivity index is 2.19. The number of hydrogen-bond acceptors (Lipinski definition) is 2. The first-order valence-corrected chi connectivity index (χ1v) is 6.72. The van der Waals surface area contributed by atoms with Crippen LogP contribution in [0.5, 0.6) is 0 Å². The zero-order valence-corrected chi connectivity index (χ0v) is 11.9. The Morgan fingerprint density at radius 3 is 2.58 bits per heavy atom. The summed E-state index contributed by atoms with van der Waals surface area (Å²) in [6.07, 6.45) is 1.73. The standard InChI is InChI=1S/C15H21N3O/c1-10(2)11(3)17-15(19)12(4)18-9-16-13-7-5-6-8-14(13)18/h5-12H,1-4H3,(H,17,19). The van der Waals surface area contributed by atoms with Crippen LogP contribution in [0.2, 0.25) is 0 Å². The molecule has 1 N–H and O–H groups in total. The van der Waals surface area contributed by atoms with Gasteiger partial charge in [-0.25, -0.2) is 4.98 Å². The zero-order valence-electron chi connectivity index (χ0n) is 11.9. The molecule has 2 unspecified atom stereocenters. The zero-order chi connectivity index (χ0) is 14.0. The Morgan fingerprint density at radius 1 is 1.21 bits per heavy atom. The minimum absolute atomic E-state index is 0.0318. The molecule has 2 aromatic rings. The molecule has 1 aromatic carbocycles. The third-order valence-corrected chi connectivity index (χ3v) is 3.65. The molecule has 0 fully saturated rings. The third-order valence-electron chi connectivity index (χ3n) is 3.65. The van der Waals surface area contributed by atoms with Crippen LogP contribution in [0.3, 0.4) is 0 Å². The van der Waals surface area contributed by atoms with Gasteiger partial charge in [0.15, 0.2) is 0 Å². The fourth-order valence-corrected chi connectivity index (χ4v) is 1.92. The van der Waals surface area contributed by atoms with E-state index in [1.807, 2.05) is 42.7 Å². The van der Waals surface area contributed by atoms with Crippen LogP contribution in [-0.4, -0.2) is 21.5 Å². The van der Waals surface area contributed by atoms with Gasteiger partial charge in [0.05, 0.1) is 17.4 Å². The van der Waals surface area contributed by atoms with Gasteiger partial charge in [-0.15, -0.1) is 0 Å².